The van der Waals surface area contributed by atoms with Crippen LogP contribution in [0.3, 0.4) is 0 Å². The van der Waals surface area contributed by atoms with E-state index in [-0.39, 0.29) is 23.3 Å². The van der Waals surface area contributed by atoms with Crippen LogP contribution in [-0.2, 0) is 10.0 Å². The molecule has 1 aromatic carbocycles. The summed E-state index contributed by atoms with van der Waals surface area (Å²) in [4.78, 5) is 2.37. The number of benzene rings is 1. The summed E-state index contributed by atoms with van der Waals surface area (Å²) in [5.41, 5.74) is 5.91. The third kappa shape index (κ3) is 5.80. The minimum Gasteiger partial charge on any atom is -0.492 e. The average molecular weight is 336 g/mol. The molecule has 4 N–H and O–H groups in total. The number of primary sulfonamides is 1. The Bertz CT molecular complexity index is 536. The van der Waals surface area contributed by atoms with Crippen LogP contribution in [0.1, 0.15) is 12.8 Å². The number of piperidine rings is 1. The predicted octanol–water partition coefficient (Wildman–Crippen LogP) is 0.558. The Morgan fingerprint density at radius 2 is 1.95 bits per heavy atom. The van der Waals surface area contributed by atoms with Crippen molar-refractivity contribution in [2.75, 3.05) is 26.2 Å². The lowest BCUT2D eigenvalue weighted by molar-refractivity contribution is 0.171. The first-order chi connectivity index (χ1) is 9.45. The number of halogens is 1. The summed E-state index contributed by atoms with van der Waals surface area (Å²) in [6.07, 6.45) is 2.22. The summed E-state index contributed by atoms with van der Waals surface area (Å²) < 4.78 is 27.8. The molecule has 6 nitrogen and oxygen atoms in total. The normalized spacial score (nSPS) is 19.8. The van der Waals surface area contributed by atoms with E-state index in [4.69, 9.17) is 15.6 Å². The van der Waals surface area contributed by atoms with Gasteiger partial charge in [-0.05, 0) is 43.7 Å². The van der Waals surface area contributed by atoms with Gasteiger partial charge in [0.15, 0.2) is 0 Å². The molecule has 0 aromatic heterocycles. The molecule has 120 valence electrons. The van der Waals surface area contributed by atoms with Crippen molar-refractivity contribution >= 4 is 22.4 Å². The Morgan fingerprint density at radius 3 is 2.52 bits per heavy atom. The zero-order valence-corrected chi connectivity index (χ0v) is 13.4. The molecule has 8 heteroatoms. The topological polar surface area (TPSA) is 98.6 Å². The van der Waals surface area contributed by atoms with Crippen LogP contribution in [0.15, 0.2) is 29.2 Å². The zero-order chi connectivity index (χ0) is 14.6. The molecule has 1 unspecified atom stereocenters. The number of sulfonamides is 1. The van der Waals surface area contributed by atoms with Gasteiger partial charge < -0.3 is 10.5 Å². The van der Waals surface area contributed by atoms with Crippen molar-refractivity contribution in [2.24, 2.45) is 10.9 Å². The highest BCUT2D eigenvalue weighted by atomic mass is 35.5. The van der Waals surface area contributed by atoms with Gasteiger partial charge in [-0.15, -0.1) is 12.4 Å². The van der Waals surface area contributed by atoms with E-state index in [0.29, 0.717) is 12.4 Å². The van der Waals surface area contributed by atoms with Crippen LogP contribution in [-0.4, -0.2) is 45.6 Å². The van der Waals surface area contributed by atoms with Gasteiger partial charge in [0.25, 0.3) is 0 Å². The number of likely N-dealkylation sites (tertiary alicyclic amines) is 1. The Hall–Kier alpha value is -0.860. The Labute approximate surface area is 131 Å². The number of nitrogens with two attached hydrogens (primary N) is 2. The van der Waals surface area contributed by atoms with Gasteiger partial charge in [0.05, 0.1) is 4.90 Å². The zero-order valence-electron chi connectivity index (χ0n) is 11.8. The smallest absolute Gasteiger partial charge is 0.238 e. The molecule has 1 atom stereocenters. The maximum atomic E-state index is 11.1. The fraction of sp³-hybridized carbons (Fsp3) is 0.538. The molecule has 1 heterocycles. The number of nitrogens with zero attached hydrogens (tertiary/aromatic N) is 1. The van der Waals surface area contributed by atoms with Crippen molar-refractivity contribution < 1.29 is 13.2 Å². The van der Waals surface area contributed by atoms with E-state index >= 15 is 0 Å². The third-order valence-corrected chi connectivity index (χ3v) is 4.30. The summed E-state index contributed by atoms with van der Waals surface area (Å²) >= 11 is 0. The maximum Gasteiger partial charge on any atom is 0.238 e. The fourth-order valence-electron chi connectivity index (χ4n) is 2.31. The largest absolute Gasteiger partial charge is 0.492 e. The average Bonchev–Trinajstić information content (AvgIpc) is 2.38. The first kappa shape index (κ1) is 18.2. The SMILES string of the molecule is Cl.NC1CCCN(CCOc2ccc(S(N)(=O)=O)cc2)C1. The Balaban J connectivity index is 0.00000220. The molecule has 1 aliphatic heterocycles. The van der Waals surface area contributed by atoms with Crippen molar-refractivity contribution in [3.63, 3.8) is 0 Å². The molecule has 1 aromatic rings. The van der Waals surface area contributed by atoms with Gasteiger partial charge in [0.1, 0.15) is 12.4 Å². The maximum absolute atomic E-state index is 11.1. The molecule has 0 radical (unpaired) electrons. The summed E-state index contributed by atoms with van der Waals surface area (Å²) in [6, 6.07) is 6.38. The van der Waals surface area contributed by atoms with Crippen LogP contribution in [0.25, 0.3) is 0 Å². The van der Waals surface area contributed by atoms with E-state index in [2.05, 4.69) is 4.90 Å². The second-order valence-corrected chi connectivity index (χ2v) is 6.63. The number of hydrogen-bond acceptors (Lipinski definition) is 5. The van der Waals surface area contributed by atoms with Gasteiger partial charge in [-0.3, -0.25) is 4.90 Å². The summed E-state index contributed by atoms with van der Waals surface area (Å²) in [5.74, 6) is 0.638. The van der Waals surface area contributed by atoms with E-state index in [1.54, 1.807) is 12.1 Å². The lowest BCUT2D eigenvalue weighted by Crippen LogP contribution is -2.44. The molecule has 1 aliphatic rings. The monoisotopic (exact) mass is 335 g/mol. The first-order valence-corrected chi connectivity index (χ1v) is 8.23. The highest BCUT2D eigenvalue weighted by molar-refractivity contribution is 7.89. The molecule has 0 aliphatic carbocycles. The van der Waals surface area contributed by atoms with Gasteiger partial charge in [0, 0.05) is 19.1 Å². The number of rotatable bonds is 5. The molecule has 0 saturated carbocycles. The van der Waals surface area contributed by atoms with Gasteiger partial charge in [0.2, 0.25) is 10.0 Å². The van der Waals surface area contributed by atoms with E-state index in [1.807, 2.05) is 0 Å². The molecule has 2 rings (SSSR count). The number of hydrogen-bond donors (Lipinski definition) is 2. The van der Waals surface area contributed by atoms with Crippen LogP contribution >= 0.6 is 12.4 Å². The summed E-state index contributed by atoms with van der Waals surface area (Å²) in [7, 11) is -3.64. The first-order valence-electron chi connectivity index (χ1n) is 6.69. The van der Waals surface area contributed by atoms with E-state index in [0.717, 1.165) is 32.5 Å². The van der Waals surface area contributed by atoms with Crippen LogP contribution in [0.2, 0.25) is 0 Å². The number of ether oxygens (including phenoxy) is 1. The van der Waals surface area contributed by atoms with Crippen molar-refractivity contribution in [1.29, 1.82) is 0 Å². The Morgan fingerprint density at radius 1 is 1.29 bits per heavy atom. The van der Waals surface area contributed by atoms with Gasteiger partial charge in [-0.2, -0.15) is 0 Å². The molecular formula is C13H22ClN3O3S. The minimum atomic E-state index is -3.64. The van der Waals surface area contributed by atoms with Crippen molar-refractivity contribution in [3.8, 4) is 5.75 Å². The fourth-order valence-corrected chi connectivity index (χ4v) is 2.83. The molecule has 1 saturated heterocycles. The van der Waals surface area contributed by atoms with Crippen LogP contribution < -0.4 is 15.6 Å². The van der Waals surface area contributed by atoms with E-state index in [1.165, 1.54) is 12.1 Å². The highest BCUT2D eigenvalue weighted by Gasteiger charge is 2.16. The molecule has 1 fully saturated rings. The summed E-state index contributed by atoms with van der Waals surface area (Å²) in [5, 5.41) is 5.03. The lowest BCUT2D eigenvalue weighted by atomic mass is 10.1. The van der Waals surface area contributed by atoms with Crippen molar-refractivity contribution in [2.45, 2.75) is 23.8 Å². The van der Waals surface area contributed by atoms with Crippen molar-refractivity contribution in [1.82, 2.24) is 4.90 Å². The highest BCUT2D eigenvalue weighted by Crippen LogP contribution is 2.15. The molecule has 0 amide bonds. The standard InChI is InChI=1S/C13H21N3O3S.ClH/c14-11-2-1-7-16(10-11)8-9-19-12-3-5-13(6-4-12)20(15,17)18;/h3-6,11H,1-2,7-10,14H2,(H2,15,17,18);1H. The second kappa shape index (κ2) is 7.95. The van der Waals surface area contributed by atoms with Crippen molar-refractivity contribution in [3.05, 3.63) is 24.3 Å². The summed E-state index contributed by atoms with van der Waals surface area (Å²) in [6.45, 7) is 3.35. The molecular weight excluding hydrogens is 314 g/mol. The van der Waals surface area contributed by atoms with Gasteiger partial charge in [-0.25, -0.2) is 13.6 Å². The van der Waals surface area contributed by atoms with Crippen LogP contribution in [0, 0.1) is 0 Å². The van der Waals surface area contributed by atoms with Crippen LogP contribution in [0.4, 0.5) is 0 Å². The molecule has 0 spiro atoms. The lowest BCUT2D eigenvalue weighted by Gasteiger charge is -2.30. The minimum absolute atomic E-state index is 0. The van der Waals surface area contributed by atoms with E-state index < -0.39 is 10.0 Å². The predicted molar refractivity (Wildman–Crippen MR) is 84.2 cm³/mol. The Kier molecular flexibility index (Phi) is 6.89. The molecule has 21 heavy (non-hydrogen) atoms. The quantitative estimate of drug-likeness (QED) is 0.819. The molecule has 0 bridgehead atoms. The second-order valence-electron chi connectivity index (χ2n) is 5.07. The third-order valence-electron chi connectivity index (χ3n) is 3.37. The van der Waals surface area contributed by atoms with Gasteiger partial charge in [-0.1, -0.05) is 0 Å². The van der Waals surface area contributed by atoms with E-state index in [9.17, 15) is 8.42 Å². The van der Waals surface area contributed by atoms with Crippen LogP contribution in [0.5, 0.6) is 5.75 Å². The van der Waals surface area contributed by atoms with Gasteiger partial charge >= 0.3 is 0 Å².